The number of hydrogen-bond donors (Lipinski definition) is 2. The molecule has 3 rings (SSSR count). The van der Waals surface area contributed by atoms with Gasteiger partial charge in [0, 0.05) is 16.4 Å². The number of aryl methyl sites for hydroxylation is 1. The lowest BCUT2D eigenvalue weighted by Gasteiger charge is -2.17. The molecule has 0 saturated carbocycles. The van der Waals surface area contributed by atoms with E-state index < -0.39 is 16.1 Å². The number of nitrogens with one attached hydrogen (secondary N) is 2. The summed E-state index contributed by atoms with van der Waals surface area (Å²) in [6.45, 7) is 3.68. The Morgan fingerprint density at radius 3 is 2.23 bits per heavy atom. The van der Waals surface area contributed by atoms with E-state index in [1.54, 1.807) is 31.2 Å². The van der Waals surface area contributed by atoms with Crippen LogP contribution in [0.3, 0.4) is 0 Å². The molecule has 2 N–H and O–H groups in total. The number of hydrogen-bond acceptors (Lipinski definition) is 4. The first-order valence-electron chi connectivity index (χ1n) is 9.72. The minimum absolute atomic E-state index is 0.0709. The van der Waals surface area contributed by atoms with Crippen molar-refractivity contribution in [2.75, 3.05) is 10.0 Å². The molecule has 0 saturated heterocycles. The van der Waals surface area contributed by atoms with Gasteiger partial charge in [0.1, 0.15) is 5.75 Å². The summed E-state index contributed by atoms with van der Waals surface area (Å²) in [5.41, 5.74) is 1.89. The third kappa shape index (κ3) is 5.99. The summed E-state index contributed by atoms with van der Waals surface area (Å²) in [5.74, 6) is 0.336. The van der Waals surface area contributed by atoms with Gasteiger partial charge >= 0.3 is 0 Å². The van der Waals surface area contributed by atoms with Gasteiger partial charge in [-0.2, -0.15) is 0 Å². The second-order valence-electron chi connectivity index (χ2n) is 6.85. The number of halogens is 1. The highest BCUT2D eigenvalue weighted by molar-refractivity contribution is 7.92. The Morgan fingerprint density at radius 1 is 0.968 bits per heavy atom. The lowest BCUT2D eigenvalue weighted by Crippen LogP contribution is -2.30. The SMILES string of the molecule is CCc1ccccc1O[C@@H](C)C(=O)Nc1ccc(S(=O)(=O)Nc2ccc(Cl)cc2)cc1. The molecule has 0 radical (unpaired) electrons. The van der Waals surface area contributed by atoms with Crippen LogP contribution in [0.1, 0.15) is 19.4 Å². The highest BCUT2D eigenvalue weighted by Gasteiger charge is 2.18. The van der Waals surface area contributed by atoms with E-state index in [0.717, 1.165) is 12.0 Å². The zero-order valence-electron chi connectivity index (χ0n) is 17.1. The van der Waals surface area contributed by atoms with Crippen molar-refractivity contribution in [1.82, 2.24) is 0 Å². The van der Waals surface area contributed by atoms with Crippen molar-refractivity contribution in [3.63, 3.8) is 0 Å². The van der Waals surface area contributed by atoms with Gasteiger partial charge in [0.05, 0.1) is 4.90 Å². The molecule has 0 unspecified atom stereocenters. The fourth-order valence-corrected chi connectivity index (χ4v) is 4.03. The van der Waals surface area contributed by atoms with E-state index in [-0.39, 0.29) is 10.8 Å². The molecular weight excluding hydrogens is 436 g/mol. The van der Waals surface area contributed by atoms with Crippen LogP contribution in [0.25, 0.3) is 0 Å². The van der Waals surface area contributed by atoms with Crippen molar-refractivity contribution in [1.29, 1.82) is 0 Å². The Bertz CT molecular complexity index is 1150. The predicted molar refractivity (Wildman–Crippen MR) is 123 cm³/mol. The van der Waals surface area contributed by atoms with E-state index in [1.807, 2.05) is 31.2 Å². The molecule has 1 amide bonds. The van der Waals surface area contributed by atoms with Gasteiger partial charge < -0.3 is 10.1 Å². The van der Waals surface area contributed by atoms with Crippen LogP contribution in [0, 0.1) is 0 Å². The summed E-state index contributed by atoms with van der Waals surface area (Å²) in [5, 5.41) is 3.25. The van der Waals surface area contributed by atoms with Crippen molar-refractivity contribution < 1.29 is 17.9 Å². The molecule has 162 valence electrons. The standard InChI is InChI=1S/C23H23ClN2O4S/c1-3-17-6-4-5-7-22(17)30-16(2)23(27)25-19-12-14-21(15-13-19)31(28,29)26-20-10-8-18(24)9-11-20/h4-16,26H,3H2,1-2H3,(H,25,27)/t16-/m0/s1. The van der Waals surface area contributed by atoms with Crippen molar-refractivity contribution >= 4 is 38.9 Å². The van der Waals surface area contributed by atoms with Gasteiger partial charge in [-0.1, -0.05) is 36.7 Å². The molecule has 0 aromatic heterocycles. The van der Waals surface area contributed by atoms with Crippen molar-refractivity contribution in [3.05, 3.63) is 83.4 Å². The van der Waals surface area contributed by atoms with Gasteiger partial charge in [0.2, 0.25) is 0 Å². The van der Waals surface area contributed by atoms with Gasteiger partial charge in [-0.05, 0) is 73.5 Å². The fraction of sp³-hybridized carbons (Fsp3) is 0.174. The summed E-state index contributed by atoms with van der Waals surface area (Å²) >= 11 is 5.82. The van der Waals surface area contributed by atoms with Crippen molar-refractivity contribution in [3.8, 4) is 5.75 Å². The van der Waals surface area contributed by atoms with E-state index in [1.165, 1.54) is 24.3 Å². The van der Waals surface area contributed by atoms with Crippen LogP contribution in [0.4, 0.5) is 11.4 Å². The maximum Gasteiger partial charge on any atom is 0.265 e. The monoisotopic (exact) mass is 458 g/mol. The maximum absolute atomic E-state index is 12.5. The van der Waals surface area contributed by atoms with E-state index in [4.69, 9.17) is 16.3 Å². The van der Waals surface area contributed by atoms with E-state index >= 15 is 0 Å². The topological polar surface area (TPSA) is 84.5 Å². The number of sulfonamides is 1. The number of carbonyl (C=O) groups excluding carboxylic acids is 1. The van der Waals surface area contributed by atoms with Crippen molar-refractivity contribution in [2.24, 2.45) is 0 Å². The summed E-state index contributed by atoms with van der Waals surface area (Å²) in [4.78, 5) is 12.6. The molecule has 3 aromatic rings. The Balaban J connectivity index is 1.64. The third-order valence-corrected chi connectivity index (χ3v) is 6.20. The van der Waals surface area contributed by atoms with Crippen LogP contribution in [-0.4, -0.2) is 20.4 Å². The molecule has 0 bridgehead atoms. The van der Waals surface area contributed by atoms with E-state index in [0.29, 0.717) is 22.1 Å². The second-order valence-corrected chi connectivity index (χ2v) is 8.97. The molecule has 8 heteroatoms. The fourth-order valence-electron chi connectivity index (χ4n) is 2.85. The number of rotatable bonds is 8. The minimum atomic E-state index is -3.77. The van der Waals surface area contributed by atoms with Gasteiger partial charge in [-0.15, -0.1) is 0 Å². The Kier molecular flexibility index (Phi) is 7.20. The first kappa shape index (κ1) is 22.7. The summed E-state index contributed by atoms with van der Waals surface area (Å²) in [6.07, 6.45) is 0.0764. The average molecular weight is 459 g/mol. The number of carbonyl (C=O) groups is 1. The molecule has 31 heavy (non-hydrogen) atoms. The number of benzene rings is 3. The van der Waals surface area contributed by atoms with Crippen molar-refractivity contribution in [2.45, 2.75) is 31.3 Å². The van der Waals surface area contributed by atoms with E-state index in [2.05, 4.69) is 10.0 Å². The zero-order chi connectivity index (χ0) is 22.4. The molecular formula is C23H23ClN2O4S. The largest absolute Gasteiger partial charge is 0.481 e. The smallest absolute Gasteiger partial charge is 0.265 e. The molecule has 0 aliphatic rings. The van der Waals surface area contributed by atoms with Crippen LogP contribution in [-0.2, 0) is 21.2 Å². The Labute approximate surface area is 187 Å². The molecule has 6 nitrogen and oxygen atoms in total. The molecule has 3 aromatic carbocycles. The van der Waals surface area contributed by atoms with Gasteiger partial charge in [0.25, 0.3) is 15.9 Å². The predicted octanol–water partition coefficient (Wildman–Crippen LogP) is 5.11. The number of para-hydroxylation sites is 1. The van der Waals surface area contributed by atoms with Gasteiger partial charge in [0.15, 0.2) is 6.10 Å². The normalized spacial score (nSPS) is 12.1. The summed E-state index contributed by atoms with van der Waals surface area (Å²) < 4.78 is 33.4. The van der Waals surface area contributed by atoms with Gasteiger partial charge in [-0.25, -0.2) is 8.42 Å². The lowest BCUT2D eigenvalue weighted by molar-refractivity contribution is -0.122. The number of ether oxygens (including phenoxy) is 1. The lowest BCUT2D eigenvalue weighted by atomic mass is 10.1. The zero-order valence-corrected chi connectivity index (χ0v) is 18.7. The first-order valence-corrected chi connectivity index (χ1v) is 11.6. The third-order valence-electron chi connectivity index (χ3n) is 4.56. The second kappa shape index (κ2) is 9.85. The molecule has 0 heterocycles. The minimum Gasteiger partial charge on any atom is -0.481 e. The van der Waals surface area contributed by atoms with Crippen LogP contribution in [0.5, 0.6) is 5.75 Å². The highest BCUT2D eigenvalue weighted by Crippen LogP contribution is 2.22. The van der Waals surface area contributed by atoms with E-state index in [9.17, 15) is 13.2 Å². The van der Waals surface area contributed by atoms with Gasteiger partial charge in [-0.3, -0.25) is 9.52 Å². The average Bonchev–Trinajstić information content (AvgIpc) is 2.76. The Hall–Kier alpha value is -3.03. The molecule has 0 aliphatic carbocycles. The summed E-state index contributed by atoms with van der Waals surface area (Å²) in [7, 11) is -3.77. The summed E-state index contributed by atoms with van der Waals surface area (Å²) in [6, 6.07) is 19.8. The molecule has 0 aliphatic heterocycles. The highest BCUT2D eigenvalue weighted by atomic mass is 35.5. The number of anilines is 2. The first-order chi connectivity index (χ1) is 14.8. The Morgan fingerprint density at radius 2 is 1.58 bits per heavy atom. The number of amides is 1. The van der Waals surface area contributed by atoms with Crippen LogP contribution >= 0.6 is 11.6 Å². The molecule has 1 atom stereocenters. The van der Waals surface area contributed by atoms with Crippen LogP contribution in [0.15, 0.2) is 77.7 Å². The quantitative estimate of drug-likeness (QED) is 0.491. The molecule has 0 fully saturated rings. The van der Waals surface area contributed by atoms with Crippen LogP contribution in [0.2, 0.25) is 5.02 Å². The van der Waals surface area contributed by atoms with Crippen LogP contribution < -0.4 is 14.8 Å². The molecule has 0 spiro atoms. The maximum atomic E-state index is 12.5.